The van der Waals surface area contributed by atoms with Crippen LogP contribution in [0.3, 0.4) is 0 Å². The van der Waals surface area contributed by atoms with Gasteiger partial charge in [-0.2, -0.15) is 0 Å². The number of rotatable bonds is 7. The Morgan fingerprint density at radius 2 is 1.82 bits per heavy atom. The zero-order valence-corrected chi connectivity index (χ0v) is 16.4. The van der Waals surface area contributed by atoms with Crippen molar-refractivity contribution in [2.24, 2.45) is 7.05 Å². The molecule has 2 aromatic carbocycles. The van der Waals surface area contributed by atoms with Crippen molar-refractivity contribution in [2.75, 3.05) is 11.1 Å². The molecule has 8 heteroatoms. The van der Waals surface area contributed by atoms with E-state index in [0.717, 1.165) is 5.56 Å². The minimum atomic E-state index is -0.242. The van der Waals surface area contributed by atoms with Gasteiger partial charge in [-0.3, -0.25) is 9.59 Å². The van der Waals surface area contributed by atoms with Gasteiger partial charge >= 0.3 is 0 Å². The van der Waals surface area contributed by atoms with Crippen molar-refractivity contribution in [3.8, 4) is 0 Å². The van der Waals surface area contributed by atoms with Crippen LogP contribution in [0.2, 0.25) is 0 Å². The fourth-order valence-corrected chi connectivity index (χ4v) is 3.30. The van der Waals surface area contributed by atoms with E-state index in [-0.39, 0.29) is 23.6 Å². The molecule has 0 spiro atoms. The molecular formula is C20H21N5O2S. The molecule has 3 aromatic rings. The molecule has 144 valence electrons. The Hall–Kier alpha value is -3.13. The Kier molecular flexibility index (Phi) is 6.44. The van der Waals surface area contributed by atoms with Gasteiger partial charge in [0.05, 0.1) is 23.0 Å². The Balaban J connectivity index is 1.64. The maximum absolute atomic E-state index is 12.7. The SMILES string of the molecule is C[C@@H](NC(=O)c1ccccc1NC(=O)CSc1nncn1C)c1ccccc1. The molecule has 28 heavy (non-hydrogen) atoms. The number of nitrogens with zero attached hydrogens (tertiary/aromatic N) is 3. The zero-order valence-electron chi connectivity index (χ0n) is 15.6. The van der Waals surface area contributed by atoms with Gasteiger partial charge in [0.25, 0.3) is 5.91 Å². The summed E-state index contributed by atoms with van der Waals surface area (Å²) in [5.74, 6) is -0.291. The van der Waals surface area contributed by atoms with Crippen LogP contribution in [0.15, 0.2) is 66.1 Å². The van der Waals surface area contributed by atoms with Gasteiger partial charge in [-0.15, -0.1) is 10.2 Å². The van der Waals surface area contributed by atoms with E-state index in [1.54, 1.807) is 35.2 Å². The highest BCUT2D eigenvalue weighted by Gasteiger charge is 2.16. The number of aryl methyl sites for hydroxylation is 1. The summed E-state index contributed by atoms with van der Waals surface area (Å²) >= 11 is 1.28. The summed E-state index contributed by atoms with van der Waals surface area (Å²) in [6.07, 6.45) is 1.58. The van der Waals surface area contributed by atoms with Crippen LogP contribution in [0.25, 0.3) is 0 Å². The van der Waals surface area contributed by atoms with Crippen molar-refractivity contribution in [3.63, 3.8) is 0 Å². The summed E-state index contributed by atoms with van der Waals surface area (Å²) in [6, 6.07) is 16.5. The van der Waals surface area contributed by atoms with Crippen LogP contribution in [0, 0.1) is 0 Å². The lowest BCUT2D eigenvalue weighted by Crippen LogP contribution is -2.28. The lowest BCUT2D eigenvalue weighted by Gasteiger charge is -2.16. The van der Waals surface area contributed by atoms with Crippen LogP contribution in [0.5, 0.6) is 0 Å². The fourth-order valence-electron chi connectivity index (χ4n) is 2.61. The first-order chi connectivity index (χ1) is 13.5. The quantitative estimate of drug-likeness (QED) is 0.600. The monoisotopic (exact) mass is 395 g/mol. The molecule has 0 radical (unpaired) electrons. The average molecular weight is 395 g/mol. The molecule has 0 aliphatic carbocycles. The first-order valence-electron chi connectivity index (χ1n) is 8.76. The standard InChI is InChI=1S/C20H21N5O2S/c1-14(15-8-4-3-5-9-15)22-19(27)16-10-6-7-11-17(16)23-18(26)12-28-20-24-21-13-25(20)2/h3-11,13-14H,12H2,1-2H3,(H,22,27)(H,23,26)/t14-/m1/s1. The topological polar surface area (TPSA) is 88.9 Å². The summed E-state index contributed by atoms with van der Waals surface area (Å²) in [5.41, 5.74) is 1.91. The van der Waals surface area contributed by atoms with Gasteiger partial charge in [0.15, 0.2) is 5.16 Å². The van der Waals surface area contributed by atoms with E-state index in [1.807, 2.05) is 44.3 Å². The number of aromatic nitrogens is 3. The summed E-state index contributed by atoms with van der Waals surface area (Å²) in [4.78, 5) is 25.0. The number of hydrogen-bond donors (Lipinski definition) is 2. The van der Waals surface area contributed by atoms with Crippen molar-refractivity contribution < 1.29 is 9.59 Å². The predicted octanol–water partition coefficient (Wildman–Crippen LogP) is 3.04. The summed E-state index contributed by atoms with van der Waals surface area (Å²) < 4.78 is 1.74. The molecule has 0 aliphatic heterocycles. The lowest BCUT2D eigenvalue weighted by molar-refractivity contribution is -0.113. The molecular weight excluding hydrogens is 374 g/mol. The Morgan fingerprint density at radius 1 is 1.11 bits per heavy atom. The Bertz CT molecular complexity index is 958. The van der Waals surface area contributed by atoms with Gasteiger partial charge in [0.1, 0.15) is 6.33 Å². The van der Waals surface area contributed by atoms with Crippen LogP contribution in [-0.4, -0.2) is 32.3 Å². The molecule has 1 aromatic heterocycles. The highest BCUT2D eigenvalue weighted by molar-refractivity contribution is 7.99. The number of carbonyl (C=O) groups is 2. The summed E-state index contributed by atoms with van der Waals surface area (Å²) in [6.45, 7) is 1.92. The first-order valence-corrected chi connectivity index (χ1v) is 9.74. The van der Waals surface area contributed by atoms with E-state index in [4.69, 9.17) is 0 Å². The zero-order chi connectivity index (χ0) is 19.9. The van der Waals surface area contributed by atoms with Crippen molar-refractivity contribution in [1.29, 1.82) is 0 Å². The number of amides is 2. The second-order valence-corrected chi connectivity index (χ2v) is 7.16. The van der Waals surface area contributed by atoms with Gasteiger partial charge < -0.3 is 15.2 Å². The summed E-state index contributed by atoms with van der Waals surface area (Å²) in [5, 5.41) is 14.1. The number of thioether (sulfide) groups is 1. The molecule has 0 bridgehead atoms. The lowest BCUT2D eigenvalue weighted by atomic mass is 10.1. The van der Waals surface area contributed by atoms with Crippen LogP contribution >= 0.6 is 11.8 Å². The Labute approximate surface area is 167 Å². The normalized spacial score (nSPS) is 11.6. The fraction of sp³-hybridized carbons (Fsp3) is 0.200. The maximum atomic E-state index is 12.7. The van der Waals surface area contributed by atoms with E-state index in [1.165, 1.54) is 11.8 Å². The van der Waals surface area contributed by atoms with Gasteiger partial charge in [-0.05, 0) is 24.6 Å². The Morgan fingerprint density at radius 3 is 2.54 bits per heavy atom. The maximum Gasteiger partial charge on any atom is 0.253 e. The minimum Gasteiger partial charge on any atom is -0.345 e. The molecule has 0 saturated carbocycles. The highest BCUT2D eigenvalue weighted by Crippen LogP contribution is 2.19. The van der Waals surface area contributed by atoms with Gasteiger partial charge in [-0.25, -0.2) is 0 Å². The summed E-state index contributed by atoms with van der Waals surface area (Å²) in [7, 11) is 1.81. The van der Waals surface area contributed by atoms with Crippen LogP contribution in [0.1, 0.15) is 28.9 Å². The highest BCUT2D eigenvalue weighted by atomic mass is 32.2. The second-order valence-electron chi connectivity index (χ2n) is 6.21. The third-order valence-electron chi connectivity index (χ3n) is 4.10. The molecule has 2 N–H and O–H groups in total. The number of nitrogens with one attached hydrogen (secondary N) is 2. The van der Waals surface area contributed by atoms with E-state index in [0.29, 0.717) is 16.4 Å². The minimum absolute atomic E-state index is 0.149. The number of para-hydroxylation sites is 1. The van der Waals surface area contributed by atoms with Crippen LogP contribution in [0.4, 0.5) is 5.69 Å². The van der Waals surface area contributed by atoms with Crippen molar-refractivity contribution in [1.82, 2.24) is 20.1 Å². The number of anilines is 1. The molecule has 0 saturated heterocycles. The smallest absolute Gasteiger partial charge is 0.253 e. The number of carbonyl (C=O) groups excluding carboxylic acids is 2. The molecule has 2 amide bonds. The van der Waals surface area contributed by atoms with Gasteiger partial charge in [0, 0.05) is 7.05 Å². The molecule has 3 rings (SSSR count). The van der Waals surface area contributed by atoms with E-state index in [2.05, 4.69) is 20.8 Å². The first kappa shape index (κ1) is 19.6. The molecule has 0 fully saturated rings. The van der Waals surface area contributed by atoms with Crippen molar-refractivity contribution in [2.45, 2.75) is 18.1 Å². The predicted molar refractivity (Wildman–Crippen MR) is 109 cm³/mol. The van der Waals surface area contributed by atoms with Gasteiger partial charge in [-0.1, -0.05) is 54.2 Å². The number of benzene rings is 2. The van der Waals surface area contributed by atoms with E-state index in [9.17, 15) is 9.59 Å². The molecule has 0 aliphatic rings. The van der Waals surface area contributed by atoms with Crippen LogP contribution < -0.4 is 10.6 Å². The van der Waals surface area contributed by atoms with Crippen molar-refractivity contribution in [3.05, 3.63) is 72.1 Å². The van der Waals surface area contributed by atoms with Crippen molar-refractivity contribution >= 4 is 29.3 Å². The largest absolute Gasteiger partial charge is 0.345 e. The second kappa shape index (κ2) is 9.18. The van der Waals surface area contributed by atoms with Gasteiger partial charge in [0.2, 0.25) is 5.91 Å². The third-order valence-corrected chi connectivity index (χ3v) is 5.13. The third kappa shape index (κ3) is 4.98. The van der Waals surface area contributed by atoms with E-state index >= 15 is 0 Å². The van der Waals surface area contributed by atoms with Crippen LogP contribution in [-0.2, 0) is 11.8 Å². The number of hydrogen-bond acceptors (Lipinski definition) is 5. The molecule has 1 heterocycles. The molecule has 7 nitrogen and oxygen atoms in total. The molecule has 0 unspecified atom stereocenters. The average Bonchev–Trinajstić information content (AvgIpc) is 3.12. The molecule has 1 atom stereocenters. The van der Waals surface area contributed by atoms with E-state index < -0.39 is 0 Å².